The summed E-state index contributed by atoms with van der Waals surface area (Å²) < 4.78 is 0. The number of amides is 2. The Morgan fingerprint density at radius 1 is 1.38 bits per heavy atom. The predicted molar refractivity (Wildman–Crippen MR) is 79.3 cm³/mol. The van der Waals surface area contributed by atoms with Crippen LogP contribution in [0.1, 0.15) is 35.2 Å². The minimum Gasteiger partial charge on any atom is -0.349 e. The zero-order valence-electron chi connectivity index (χ0n) is 11.4. The molecule has 3 aliphatic rings. The van der Waals surface area contributed by atoms with Gasteiger partial charge in [0.25, 0.3) is 5.91 Å². The summed E-state index contributed by atoms with van der Waals surface area (Å²) in [5, 5.41) is 6.10. The summed E-state index contributed by atoms with van der Waals surface area (Å²) in [4.78, 5) is 23.7. The second-order valence-corrected chi connectivity index (χ2v) is 6.87. The van der Waals surface area contributed by atoms with Gasteiger partial charge in [-0.15, -0.1) is 0 Å². The van der Waals surface area contributed by atoms with Crippen molar-refractivity contribution in [1.29, 1.82) is 0 Å². The van der Waals surface area contributed by atoms with Crippen molar-refractivity contribution in [1.82, 2.24) is 5.32 Å². The Morgan fingerprint density at radius 2 is 2.10 bits per heavy atom. The molecule has 1 unspecified atom stereocenters. The third-order valence-corrected chi connectivity index (χ3v) is 5.27. The maximum Gasteiger partial charge on any atom is 0.253 e. The molecule has 0 bridgehead atoms. The van der Waals surface area contributed by atoms with Crippen LogP contribution >= 0.6 is 11.6 Å². The van der Waals surface area contributed by atoms with E-state index in [1.807, 2.05) is 0 Å². The van der Waals surface area contributed by atoms with E-state index in [4.69, 9.17) is 17.3 Å². The fourth-order valence-electron chi connectivity index (χ4n) is 3.56. The lowest BCUT2D eigenvalue weighted by Crippen LogP contribution is -2.47. The second-order valence-electron chi connectivity index (χ2n) is 6.47. The predicted octanol–water partition coefficient (Wildman–Crippen LogP) is 1.44. The van der Waals surface area contributed by atoms with E-state index in [1.54, 1.807) is 12.1 Å². The van der Waals surface area contributed by atoms with Gasteiger partial charge >= 0.3 is 0 Å². The summed E-state index contributed by atoms with van der Waals surface area (Å²) in [5.74, 6) is -0.237. The molecule has 6 heteroatoms. The average molecular weight is 306 g/mol. The topological polar surface area (TPSA) is 84.2 Å². The third-order valence-electron chi connectivity index (χ3n) is 4.96. The van der Waals surface area contributed by atoms with Gasteiger partial charge in [-0.3, -0.25) is 9.59 Å². The molecule has 110 valence electrons. The molecule has 1 aliphatic heterocycles. The lowest BCUT2D eigenvalue weighted by atomic mass is 9.76. The van der Waals surface area contributed by atoms with Crippen LogP contribution in [-0.2, 0) is 11.2 Å². The fraction of sp³-hybridized carbons (Fsp3) is 0.467. The van der Waals surface area contributed by atoms with Crippen LogP contribution in [0.4, 0.5) is 5.69 Å². The van der Waals surface area contributed by atoms with E-state index in [-0.39, 0.29) is 17.9 Å². The number of carbonyl (C=O) groups is 2. The van der Waals surface area contributed by atoms with E-state index in [9.17, 15) is 9.59 Å². The molecule has 1 heterocycles. The number of carbonyl (C=O) groups excluding carboxylic acids is 2. The first-order chi connectivity index (χ1) is 9.97. The lowest BCUT2D eigenvalue weighted by Gasteiger charge is -2.37. The van der Waals surface area contributed by atoms with Crippen LogP contribution in [0.5, 0.6) is 0 Å². The molecule has 4 N–H and O–H groups in total. The van der Waals surface area contributed by atoms with Gasteiger partial charge in [0.2, 0.25) is 5.91 Å². The quantitative estimate of drug-likeness (QED) is 0.773. The van der Waals surface area contributed by atoms with Gasteiger partial charge in [-0.05, 0) is 42.4 Å². The summed E-state index contributed by atoms with van der Waals surface area (Å²) in [6.45, 7) is 0. The van der Waals surface area contributed by atoms with Crippen molar-refractivity contribution >= 4 is 29.1 Å². The lowest BCUT2D eigenvalue weighted by molar-refractivity contribution is -0.115. The summed E-state index contributed by atoms with van der Waals surface area (Å²) in [5.41, 5.74) is 8.16. The molecule has 1 atom stereocenters. The van der Waals surface area contributed by atoms with Crippen LogP contribution in [0, 0.1) is 5.41 Å². The SMILES string of the molecule is NC1CC12CC(NC(=O)c1cc3c(cc1Cl)NC(=O)C3)C2. The number of rotatable bonds is 2. The monoisotopic (exact) mass is 305 g/mol. The minimum absolute atomic E-state index is 0.0673. The smallest absolute Gasteiger partial charge is 0.253 e. The largest absolute Gasteiger partial charge is 0.349 e. The molecule has 0 aromatic heterocycles. The number of hydrogen-bond donors (Lipinski definition) is 3. The van der Waals surface area contributed by atoms with Crippen LogP contribution in [0.15, 0.2) is 12.1 Å². The molecule has 1 spiro atoms. The normalized spacial score (nSPS) is 32.4. The maximum atomic E-state index is 12.3. The van der Waals surface area contributed by atoms with Gasteiger partial charge in [0.1, 0.15) is 0 Å². The van der Waals surface area contributed by atoms with Crippen molar-refractivity contribution in [3.05, 3.63) is 28.3 Å². The number of anilines is 1. The molecule has 1 aromatic rings. The van der Waals surface area contributed by atoms with Gasteiger partial charge in [-0.2, -0.15) is 0 Å². The van der Waals surface area contributed by atoms with Crippen LogP contribution in [-0.4, -0.2) is 23.9 Å². The molecule has 4 rings (SSSR count). The highest BCUT2D eigenvalue weighted by Crippen LogP contribution is 2.59. The first kappa shape index (κ1) is 13.1. The highest BCUT2D eigenvalue weighted by molar-refractivity contribution is 6.34. The van der Waals surface area contributed by atoms with E-state index in [2.05, 4.69) is 10.6 Å². The Kier molecular flexibility index (Phi) is 2.63. The highest BCUT2D eigenvalue weighted by atomic mass is 35.5. The van der Waals surface area contributed by atoms with Gasteiger partial charge < -0.3 is 16.4 Å². The van der Waals surface area contributed by atoms with Crippen molar-refractivity contribution in [2.75, 3.05) is 5.32 Å². The van der Waals surface area contributed by atoms with E-state index < -0.39 is 0 Å². The molecule has 5 nitrogen and oxygen atoms in total. The summed E-state index contributed by atoms with van der Waals surface area (Å²) in [6, 6.07) is 3.86. The van der Waals surface area contributed by atoms with Crippen molar-refractivity contribution in [3.8, 4) is 0 Å². The Hall–Kier alpha value is -1.59. The first-order valence-electron chi connectivity index (χ1n) is 7.16. The molecule has 2 fully saturated rings. The van der Waals surface area contributed by atoms with E-state index in [0.29, 0.717) is 34.2 Å². The van der Waals surface area contributed by atoms with Crippen molar-refractivity contribution in [3.63, 3.8) is 0 Å². The molecule has 2 aliphatic carbocycles. The van der Waals surface area contributed by atoms with Crippen molar-refractivity contribution < 1.29 is 9.59 Å². The summed E-state index contributed by atoms with van der Waals surface area (Å²) in [7, 11) is 0. The summed E-state index contributed by atoms with van der Waals surface area (Å²) >= 11 is 6.15. The van der Waals surface area contributed by atoms with Crippen molar-refractivity contribution in [2.24, 2.45) is 11.1 Å². The molecule has 2 amide bonds. The van der Waals surface area contributed by atoms with Crippen LogP contribution in [0.2, 0.25) is 5.02 Å². The fourth-order valence-corrected chi connectivity index (χ4v) is 3.81. The number of fused-ring (bicyclic) bond motifs is 1. The number of benzene rings is 1. The zero-order chi connectivity index (χ0) is 14.8. The average Bonchev–Trinajstić information content (AvgIpc) is 2.89. The molecule has 0 radical (unpaired) electrons. The number of hydrogen-bond acceptors (Lipinski definition) is 3. The van der Waals surface area contributed by atoms with Crippen LogP contribution in [0.3, 0.4) is 0 Å². The van der Waals surface area contributed by atoms with Crippen LogP contribution in [0.25, 0.3) is 0 Å². The number of halogens is 1. The first-order valence-corrected chi connectivity index (χ1v) is 7.53. The molecular formula is C15H16ClN3O2. The standard InChI is InChI=1S/C15H16ClN3O2/c16-10-3-11-7(2-13(20)19-11)1-9(10)14(21)18-8-4-15(5-8)6-12(15)17/h1,3,8,12H,2,4-6,17H2,(H,18,21)(H,19,20). The molecule has 2 saturated carbocycles. The Labute approximate surface area is 127 Å². The molecular weight excluding hydrogens is 290 g/mol. The molecule has 1 aromatic carbocycles. The number of nitrogens with two attached hydrogens (primary N) is 1. The Morgan fingerprint density at radius 3 is 2.76 bits per heavy atom. The Bertz CT molecular complexity index is 667. The van der Waals surface area contributed by atoms with Gasteiger partial charge in [0.05, 0.1) is 17.0 Å². The van der Waals surface area contributed by atoms with E-state index in [0.717, 1.165) is 24.8 Å². The minimum atomic E-state index is -0.170. The molecule has 21 heavy (non-hydrogen) atoms. The highest BCUT2D eigenvalue weighted by Gasteiger charge is 2.60. The van der Waals surface area contributed by atoms with Gasteiger partial charge in [0.15, 0.2) is 0 Å². The zero-order valence-corrected chi connectivity index (χ0v) is 12.2. The van der Waals surface area contributed by atoms with E-state index >= 15 is 0 Å². The Balaban J connectivity index is 1.48. The summed E-state index contributed by atoms with van der Waals surface area (Å²) in [6.07, 6.45) is 3.30. The number of nitrogens with one attached hydrogen (secondary N) is 2. The van der Waals surface area contributed by atoms with Crippen molar-refractivity contribution in [2.45, 2.75) is 37.8 Å². The van der Waals surface area contributed by atoms with E-state index in [1.165, 1.54) is 0 Å². The second kappa shape index (κ2) is 4.21. The molecule has 0 saturated heterocycles. The maximum absolute atomic E-state index is 12.3. The van der Waals surface area contributed by atoms with Crippen LogP contribution < -0.4 is 16.4 Å². The van der Waals surface area contributed by atoms with Gasteiger partial charge in [0, 0.05) is 17.8 Å². The van der Waals surface area contributed by atoms with Gasteiger partial charge in [-0.1, -0.05) is 11.6 Å². The third kappa shape index (κ3) is 2.03. The van der Waals surface area contributed by atoms with Gasteiger partial charge in [-0.25, -0.2) is 0 Å².